The van der Waals surface area contributed by atoms with Crippen molar-refractivity contribution >= 4 is 5.97 Å². The summed E-state index contributed by atoms with van der Waals surface area (Å²) in [5, 5.41) is 0. The molecule has 0 aromatic rings. The van der Waals surface area contributed by atoms with E-state index < -0.39 is 17.5 Å². The van der Waals surface area contributed by atoms with Crippen molar-refractivity contribution < 1.29 is 28.5 Å². The van der Waals surface area contributed by atoms with Crippen LogP contribution in [0.1, 0.15) is 60.8 Å². The molecular formula is C28H42O6. The molecule has 0 radical (unpaired) electrons. The van der Waals surface area contributed by atoms with Gasteiger partial charge < -0.3 is 23.7 Å². The molecule has 2 rings (SSSR count). The van der Waals surface area contributed by atoms with Crippen molar-refractivity contribution in [1.29, 1.82) is 0 Å². The van der Waals surface area contributed by atoms with Crippen LogP contribution in [0.3, 0.4) is 0 Å². The quantitative estimate of drug-likeness (QED) is 0.176. The number of fused-ring (bicyclic) bond motifs is 1. The largest absolute Gasteiger partial charge is 0.432 e. The summed E-state index contributed by atoms with van der Waals surface area (Å²) in [4.78, 5) is 12.1. The fourth-order valence-corrected chi connectivity index (χ4v) is 4.91. The molecule has 0 spiro atoms. The monoisotopic (exact) mass is 474 g/mol. The first-order valence-corrected chi connectivity index (χ1v) is 11.8. The van der Waals surface area contributed by atoms with Gasteiger partial charge in [0.25, 0.3) is 0 Å². The van der Waals surface area contributed by atoms with Crippen LogP contribution in [0.2, 0.25) is 0 Å². The molecule has 6 heteroatoms. The highest BCUT2D eigenvalue weighted by Crippen LogP contribution is 2.57. The molecule has 1 aliphatic heterocycles. The topological polar surface area (TPSA) is 63.2 Å². The first-order chi connectivity index (χ1) is 15.9. The van der Waals surface area contributed by atoms with Crippen LogP contribution in [0.25, 0.3) is 0 Å². The van der Waals surface area contributed by atoms with Crippen LogP contribution < -0.4 is 0 Å². The molecule has 1 aliphatic carbocycles. The van der Waals surface area contributed by atoms with Gasteiger partial charge in [0.1, 0.15) is 0 Å². The fourth-order valence-electron chi connectivity index (χ4n) is 4.91. The second-order valence-corrected chi connectivity index (χ2v) is 10.1. The molecule has 0 N–H and O–H groups in total. The normalized spacial score (nSPS) is 33.2. The zero-order valence-electron chi connectivity index (χ0n) is 22.3. The second kappa shape index (κ2) is 11.2. The van der Waals surface area contributed by atoms with E-state index in [0.29, 0.717) is 12.0 Å². The molecule has 190 valence electrons. The van der Waals surface area contributed by atoms with E-state index in [1.807, 2.05) is 32.9 Å². The maximum absolute atomic E-state index is 12.1. The van der Waals surface area contributed by atoms with Crippen LogP contribution in [0, 0.1) is 11.3 Å². The third-order valence-corrected chi connectivity index (χ3v) is 6.80. The van der Waals surface area contributed by atoms with E-state index in [1.165, 1.54) is 17.9 Å². The molecule has 2 aliphatic rings. The number of carbonyl (C=O) groups excluding carboxylic acids is 1. The Hall–Kier alpha value is -1.99. The first kappa shape index (κ1) is 28.2. The summed E-state index contributed by atoms with van der Waals surface area (Å²) < 4.78 is 29.5. The minimum Gasteiger partial charge on any atom is -0.432 e. The molecule has 0 amide bonds. The van der Waals surface area contributed by atoms with Crippen LogP contribution in [-0.2, 0) is 28.5 Å². The summed E-state index contributed by atoms with van der Waals surface area (Å²) in [6.45, 7) is 16.3. The van der Waals surface area contributed by atoms with Crippen molar-refractivity contribution in [3.05, 3.63) is 59.4 Å². The van der Waals surface area contributed by atoms with E-state index >= 15 is 0 Å². The number of carbonyl (C=O) groups is 1. The Morgan fingerprint density at radius 1 is 1.15 bits per heavy atom. The number of rotatable bonds is 9. The Bertz CT molecular complexity index is 889. The fraction of sp³-hybridized carbons (Fsp3) is 0.607. The SMILES string of the molecule is C=C1[C@H](OC)C[C@](C)(CCC=C(C)C)[C@@H](/C=C/OC(=O)C=C(C)C)C2=C[C@@](C)(OC)O[C@@]12OC. The third-order valence-electron chi connectivity index (χ3n) is 6.80. The van der Waals surface area contributed by atoms with Gasteiger partial charge in [0, 0.05) is 44.5 Å². The standard InChI is InChI=1S/C28H42O6/c1-19(2)12-11-14-26(6)18-24(30-8)21(5)28(32-10)23(17-27(7,31-9)34-28)22(26)13-15-33-25(29)16-20(3)4/h12-13,15-17,22,24H,5,11,14,18H2,1-4,6-10H3/b15-13+/t22-,24+,26-,27-,28-/m0/s1. The van der Waals surface area contributed by atoms with Crippen molar-refractivity contribution in [1.82, 2.24) is 0 Å². The smallest absolute Gasteiger partial charge is 0.335 e. The van der Waals surface area contributed by atoms with Gasteiger partial charge in [-0.1, -0.05) is 30.7 Å². The van der Waals surface area contributed by atoms with Crippen molar-refractivity contribution in [2.75, 3.05) is 21.3 Å². The zero-order valence-corrected chi connectivity index (χ0v) is 22.3. The summed E-state index contributed by atoms with van der Waals surface area (Å²) in [6, 6.07) is 0. The van der Waals surface area contributed by atoms with Gasteiger partial charge in [-0.05, 0) is 71.4 Å². The molecule has 5 atom stereocenters. The predicted octanol–water partition coefficient (Wildman–Crippen LogP) is 6.02. The van der Waals surface area contributed by atoms with E-state index in [-0.39, 0.29) is 17.4 Å². The summed E-state index contributed by atoms with van der Waals surface area (Å²) >= 11 is 0. The average molecular weight is 475 g/mol. The van der Waals surface area contributed by atoms with Gasteiger partial charge in [-0.15, -0.1) is 0 Å². The molecule has 0 aromatic carbocycles. The van der Waals surface area contributed by atoms with Crippen LogP contribution in [0.15, 0.2) is 59.4 Å². The van der Waals surface area contributed by atoms with Gasteiger partial charge in [-0.3, -0.25) is 0 Å². The minimum absolute atomic E-state index is 0.189. The number of esters is 1. The van der Waals surface area contributed by atoms with Crippen molar-refractivity contribution in [3.8, 4) is 0 Å². The lowest BCUT2D eigenvalue weighted by atomic mass is 9.68. The Kier molecular flexibility index (Phi) is 9.28. The number of hydrogen-bond acceptors (Lipinski definition) is 6. The Labute approximate surface area is 205 Å². The maximum Gasteiger partial charge on any atom is 0.335 e. The van der Waals surface area contributed by atoms with Gasteiger partial charge in [0.15, 0.2) is 5.79 Å². The second-order valence-electron chi connectivity index (χ2n) is 10.1. The van der Waals surface area contributed by atoms with E-state index in [9.17, 15) is 4.79 Å². The number of allylic oxidation sites excluding steroid dienone is 4. The van der Waals surface area contributed by atoms with Crippen LogP contribution in [0.5, 0.6) is 0 Å². The first-order valence-electron chi connectivity index (χ1n) is 11.8. The highest BCUT2D eigenvalue weighted by Gasteiger charge is 2.59. The summed E-state index contributed by atoms with van der Waals surface area (Å²) in [5.74, 6) is -2.83. The molecule has 6 nitrogen and oxygen atoms in total. The minimum atomic E-state index is -1.22. The molecular weight excluding hydrogens is 432 g/mol. The predicted molar refractivity (Wildman–Crippen MR) is 134 cm³/mol. The van der Waals surface area contributed by atoms with Gasteiger partial charge in [0.2, 0.25) is 5.79 Å². The van der Waals surface area contributed by atoms with Crippen LogP contribution >= 0.6 is 0 Å². The molecule has 34 heavy (non-hydrogen) atoms. The van der Waals surface area contributed by atoms with Gasteiger partial charge >= 0.3 is 5.97 Å². The van der Waals surface area contributed by atoms with Crippen molar-refractivity contribution in [3.63, 3.8) is 0 Å². The highest BCUT2D eigenvalue weighted by atomic mass is 16.8. The Morgan fingerprint density at radius 3 is 2.35 bits per heavy atom. The van der Waals surface area contributed by atoms with E-state index in [1.54, 1.807) is 21.3 Å². The lowest BCUT2D eigenvalue weighted by Crippen LogP contribution is -2.44. The van der Waals surface area contributed by atoms with Crippen LogP contribution in [-0.4, -0.2) is 45.0 Å². The highest BCUT2D eigenvalue weighted by molar-refractivity contribution is 5.83. The summed E-state index contributed by atoms with van der Waals surface area (Å²) in [5.41, 5.74) is 3.44. The summed E-state index contributed by atoms with van der Waals surface area (Å²) in [7, 11) is 4.89. The Morgan fingerprint density at radius 2 is 1.82 bits per heavy atom. The van der Waals surface area contributed by atoms with Crippen LogP contribution in [0.4, 0.5) is 0 Å². The molecule has 0 aromatic heterocycles. The molecule has 1 fully saturated rings. The molecule has 0 bridgehead atoms. The number of hydrogen-bond donors (Lipinski definition) is 0. The zero-order chi connectivity index (χ0) is 25.7. The lowest BCUT2D eigenvalue weighted by Gasteiger charge is -2.38. The van der Waals surface area contributed by atoms with Gasteiger partial charge in [-0.2, -0.15) is 0 Å². The number of methoxy groups -OCH3 is 3. The molecule has 1 heterocycles. The molecule has 0 saturated heterocycles. The van der Waals surface area contributed by atoms with Gasteiger partial charge in [0.05, 0.1) is 12.4 Å². The lowest BCUT2D eigenvalue weighted by molar-refractivity contribution is -0.278. The van der Waals surface area contributed by atoms with E-state index in [4.69, 9.17) is 23.7 Å². The average Bonchev–Trinajstić information content (AvgIpc) is 3.04. The van der Waals surface area contributed by atoms with Gasteiger partial charge in [-0.25, -0.2) is 4.79 Å². The molecule has 0 unspecified atom stereocenters. The van der Waals surface area contributed by atoms with E-state index in [0.717, 1.165) is 24.0 Å². The molecule has 1 saturated carbocycles. The number of ether oxygens (including phenoxy) is 5. The third kappa shape index (κ3) is 5.98. The van der Waals surface area contributed by atoms with Crippen molar-refractivity contribution in [2.45, 2.75) is 78.5 Å². The van der Waals surface area contributed by atoms with Crippen molar-refractivity contribution in [2.24, 2.45) is 11.3 Å². The van der Waals surface area contributed by atoms with E-state index in [2.05, 4.69) is 33.4 Å². The summed E-state index contributed by atoms with van der Waals surface area (Å²) in [6.07, 6.45) is 11.3. The maximum atomic E-state index is 12.1. The Balaban J connectivity index is 2.64.